The molecule has 0 radical (unpaired) electrons. The number of nitrogens with one attached hydrogen (secondary N) is 1. The van der Waals surface area contributed by atoms with Crippen LogP contribution in [-0.4, -0.2) is 12.5 Å². The Hall–Kier alpha value is -0.350. The van der Waals surface area contributed by atoms with Crippen LogP contribution in [0, 0.1) is 12.8 Å². The first kappa shape index (κ1) is 14.1. The second-order valence-electron chi connectivity index (χ2n) is 5.12. The van der Waals surface area contributed by atoms with Gasteiger partial charge in [0, 0.05) is 6.54 Å². The van der Waals surface area contributed by atoms with Gasteiger partial charge in [-0.2, -0.15) is 0 Å². The maximum atomic E-state index is 11.9. The van der Waals surface area contributed by atoms with Crippen molar-refractivity contribution in [1.29, 1.82) is 0 Å². The van der Waals surface area contributed by atoms with Crippen molar-refractivity contribution in [3.63, 3.8) is 0 Å². The quantitative estimate of drug-likeness (QED) is 0.790. The van der Waals surface area contributed by atoms with Gasteiger partial charge in [0.1, 0.15) is 0 Å². The van der Waals surface area contributed by atoms with E-state index in [0.717, 1.165) is 33.1 Å². The Balaban J connectivity index is 1.68. The van der Waals surface area contributed by atoms with Gasteiger partial charge in [-0.3, -0.25) is 4.79 Å². The van der Waals surface area contributed by atoms with Crippen molar-refractivity contribution >= 4 is 33.2 Å². The number of aryl methyl sites for hydroxylation is 1. The zero-order valence-corrected chi connectivity index (χ0v) is 13.2. The van der Waals surface area contributed by atoms with E-state index in [0.29, 0.717) is 0 Å². The minimum atomic E-state index is 0.0696. The Labute approximate surface area is 121 Å². The van der Waals surface area contributed by atoms with E-state index in [1.807, 2.05) is 13.0 Å². The smallest absolute Gasteiger partial charge is 0.261 e. The van der Waals surface area contributed by atoms with Gasteiger partial charge in [-0.05, 0) is 53.2 Å². The highest BCUT2D eigenvalue weighted by atomic mass is 79.9. The van der Waals surface area contributed by atoms with Crippen LogP contribution < -0.4 is 5.32 Å². The number of halogens is 1. The molecule has 0 saturated heterocycles. The third-order valence-electron chi connectivity index (χ3n) is 3.63. The number of thiophene rings is 1. The summed E-state index contributed by atoms with van der Waals surface area (Å²) in [7, 11) is 0. The largest absolute Gasteiger partial charge is 0.351 e. The second-order valence-corrected chi connectivity index (χ2v) is 7.49. The summed E-state index contributed by atoms with van der Waals surface area (Å²) in [5, 5.41) is 3.01. The fourth-order valence-corrected chi connectivity index (χ4v) is 4.00. The molecule has 0 aromatic carbocycles. The first-order valence-corrected chi connectivity index (χ1v) is 8.32. The highest BCUT2D eigenvalue weighted by Crippen LogP contribution is 2.28. The van der Waals surface area contributed by atoms with Crippen molar-refractivity contribution in [2.75, 3.05) is 6.54 Å². The van der Waals surface area contributed by atoms with Crippen LogP contribution in [0.1, 0.15) is 53.8 Å². The fraction of sp³-hybridized carbons (Fsp3) is 0.643. The van der Waals surface area contributed by atoms with Crippen LogP contribution in [0.25, 0.3) is 0 Å². The molecule has 1 N–H and O–H groups in total. The van der Waals surface area contributed by atoms with Crippen LogP contribution in [0.15, 0.2) is 9.85 Å². The van der Waals surface area contributed by atoms with E-state index < -0.39 is 0 Å². The van der Waals surface area contributed by atoms with Crippen molar-refractivity contribution in [2.24, 2.45) is 5.92 Å². The number of hydrogen-bond acceptors (Lipinski definition) is 2. The van der Waals surface area contributed by atoms with Crippen molar-refractivity contribution in [3.8, 4) is 0 Å². The molecule has 1 aliphatic rings. The first-order chi connectivity index (χ1) is 8.66. The molecule has 0 aliphatic heterocycles. The molecular weight excluding hydrogens is 310 g/mol. The minimum absolute atomic E-state index is 0.0696. The Morgan fingerprint density at radius 3 is 2.83 bits per heavy atom. The van der Waals surface area contributed by atoms with Gasteiger partial charge in [0.25, 0.3) is 5.91 Å². The summed E-state index contributed by atoms with van der Waals surface area (Å²) in [6.07, 6.45) is 7.98. The highest BCUT2D eigenvalue weighted by molar-refractivity contribution is 9.11. The second kappa shape index (κ2) is 6.71. The predicted octanol–water partition coefficient (Wildman–Crippen LogP) is 4.52. The highest BCUT2D eigenvalue weighted by Gasteiger charge is 2.15. The third kappa shape index (κ3) is 3.82. The average Bonchev–Trinajstić information content (AvgIpc) is 2.96. The third-order valence-corrected chi connectivity index (χ3v) is 5.77. The van der Waals surface area contributed by atoms with E-state index in [1.165, 1.54) is 43.4 Å². The van der Waals surface area contributed by atoms with Crippen LogP contribution in [0.5, 0.6) is 0 Å². The van der Waals surface area contributed by atoms with E-state index in [2.05, 4.69) is 21.2 Å². The predicted molar refractivity (Wildman–Crippen MR) is 80.3 cm³/mol. The Morgan fingerprint density at radius 2 is 2.22 bits per heavy atom. The summed E-state index contributed by atoms with van der Waals surface area (Å²) >= 11 is 4.96. The van der Waals surface area contributed by atoms with Crippen LogP contribution in [0.4, 0.5) is 0 Å². The molecule has 1 aromatic heterocycles. The number of amides is 1. The topological polar surface area (TPSA) is 29.1 Å². The lowest BCUT2D eigenvalue weighted by Gasteiger charge is -2.08. The zero-order valence-electron chi connectivity index (χ0n) is 10.8. The molecule has 2 rings (SSSR count). The molecule has 1 aromatic rings. The summed E-state index contributed by atoms with van der Waals surface area (Å²) in [5.41, 5.74) is 1.14. The number of carbonyl (C=O) groups is 1. The number of carbonyl (C=O) groups excluding carboxylic acids is 1. The molecule has 100 valence electrons. The Kier molecular flexibility index (Phi) is 5.25. The Morgan fingerprint density at radius 1 is 1.50 bits per heavy atom. The molecule has 4 heteroatoms. The molecule has 0 bridgehead atoms. The molecular formula is C14H20BrNOS. The monoisotopic (exact) mass is 329 g/mol. The number of hydrogen-bond donors (Lipinski definition) is 1. The molecule has 0 unspecified atom stereocenters. The lowest BCUT2D eigenvalue weighted by molar-refractivity contribution is 0.0956. The first-order valence-electron chi connectivity index (χ1n) is 6.71. The van der Waals surface area contributed by atoms with Crippen molar-refractivity contribution in [3.05, 3.63) is 20.3 Å². The van der Waals surface area contributed by atoms with Gasteiger partial charge >= 0.3 is 0 Å². The fourth-order valence-electron chi connectivity index (χ4n) is 2.55. The van der Waals surface area contributed by atoms with Crippen molar-refractivity contribution < 1.29 is 4.79 Å². The van der Waals surface area contributed by atoms with Gasteiger partial charge in [-0.1, -0.05) is 25.7 Å². The zero-order chi connectivity index (χ0) is 13.0. The standard InChI is InChI=1S/C14H20BrNOS/c1-10-9-12(18-13(10)15)14(17)16-8-4-7-11-5-2-3-6-11/h9,11H,2-8H2,1H3,(H,16,17). The van der Waals surface area contributed by atoms with Gasteiger partial charge in [0.05, 0.1) is 8.66 Å². The maximum Gasteiger partial charge on any atom is 0.261 e. The van der Waals surface area contributed by atoms with Crippen LogP contribution >= 0.6 is 27.3 Å². The normalized spacial score (nSPS) is 16.1. The summed E-state index contributed by atoms with van der Waals surface area (Å²) in [5.74, 6) is 0.986. The van der Waals surface area contributed by atoms with E-state index >= 15 is 0 Å². The summed E-state index contributed by atoms with van der Waals surface area (Å²) < 4.78 is 1.05. The van der Waals surface area contributed by atoms with Crippen molar-refractivity contribution in [1.82, 2.24) is 5.32 Å². The lowest BCUT2D eigenvalue weighted by Crippen LogP contribution is -2.23. The summed E-state index contributed by atoms with van der Waals surface area (Å²) in [4.78, 5) is 12.7. The molecule has 1 amide bonds. The maximum absolute atomic E-state index is 11.9. The molecule has 1 saturated carbocycles. The number of rotatable bonds is 5. The van der Waals surface area contributed by atoms with E-state index in [1.54, 1.807) is 0 Å². The SMILES string of the molecule is Cc1cc(C(=O)NCCCC2CCCC2)sc1Br. The lowest BCUT2D eigenvalue weighted by atomic mass is 10.0. The van der Waals surface area contributed by atoms with Crippen LogP contribution in [-0.2, 0) is 0 Å². The molecule has 18 heavy (non-hydrogen) atoms. The van der Waals surface area contributed by atoms with Gasteiger partial charge in [0.15, 0.2) is 0 Å². The van der Waals surface area contributed by atoms with Crippen LogP contribution in [0.2, 0.25) is 0 Å². The van der Waals surface area contributed by atoms with E-state index in [4.69, 9.17) is 0 Å². The van der Waals surface area contributed by atoms with Gasteiger partial charge < -0.3 is 5.32 Å². The molecule has 0 atom stereocenters. The Bertz CT molecular complexity index is 390. The van der Waals surface area contributed by atoms with Crippen LogP contribution in [0.3, 0.4) is 0 Å². The van der Waals surface area contributed by atoms with Crippen molar-refractivity contribution in [2.45, 2.75) is 45.4 Å². The average molecular weight is 330 g/mol. The summed E-state index contributed by atoms with van der Waals surface area (Å²) in [6, 6.07) is 1.95. The molecule has 1 aliphatic carbocycles. The van der Waals surface area contributed by atoms with E-state index in [9.17, 15) is 4.79 Å². The van der Waals surface area contributed by atoms with E-state index in [-0.39, 0.29) is 5.91 Å². The van der Waals surface area contributed by atoms with Gasteiger partial charge in [0.2, 0.25) is 0 Å². The summed E-state index contributed by atoms with van der Waals surface area (Å²) in [6.45, 7) is 2.82. The van der Waals surface area contributed by atoms with Gasteiger partial charge in [-0.15, -0.1) is 11.3 Å². The molecule has 1 fully saturated rings. The molecule has 0 spiro atoms. The molecule has 1 heterocycles. The minimum Gasteiger partial charge on any atom is -0.351 e. The van der Waals surface area contributed by atoms with Gasteiger partial charge in [-0.25, -0.2) is 0 Å². The molecule has 2 nitrogen and oxygen atoms in total.